The van der Waals surface area contributed by atoms with Crippen LogP contribution in [0.5, 0.6) is 0 Å². The molecule has 2 N–H and O–H groups in total. The van der Waals surface area contributed by atoms with Crippen molar-refractivity contribution in [1.29, 1.82) is 0 Å². The Bertz CT molecular complexity index is 955. The van der Waals surface area contributed by atoms with Gasteiger partial charge in [0.2, 0.25) is 5.91 Å². The molecule has 0 atom stereocenters. The van der Waals surface area contributed by atoms with Gasteiger partial charge in [0.15, 0.2) is 0 Å². The van der Waals surface area contributed by atoms with E-state index < -0.39 is 17.7 Å². The van der Waals surface area contributed by atoms with Crippen molar-refractivity contribution < 1.29 is 18.7 Å². The Morgan fingerprint density at radius 1 is 1.21 bits per heavy atom. The van der Waals surface area contributed by atoms with Gasteiger partial charge in [-0.05, 0) is 48.9 Å². The number of anilines is 1. The van der Waals surface area contributed by atoms with Gasteiger partial charge in [0, 0.05) is 18.4 Å². The van der Waals surface area contributed by atoms with Crippen molar-refractivity contribution in [3.8, 4) is 0 Å². The predicted molar refractivity (Wildman–Crippen MR) is 101 cm³/mol. The second kappa shape index (κ2) is 8.77. The fourth-order valence-corrected chi connectivity index (χ4v) is 3.38. The minimum absolute atomic E-state index is 0.0469. The molecule has 0 saturated heterocycles. The molecule has 0 spiro atoms. The van der Waals surface area contributed by atoms with E-state index in [1.807, 2.05) is 0 Å². The summed E-state index contributed by atoms with van der Waals surface area (Å²) in [5, 5.41) is 9.22. The lowest BCUT2D eigenvalue weighted by Crippen LogP contribution is -2.23. The number of aromatic amines is 1. The van der Waals surface area contributed by atoms with Crippen molar-refractivity contribution in [3.63, 3.8) is 0 Å². The molecule has 1 aliphatic rings. The minimum Gasteiger partial charge on any atom is -0.469 e. The lowest BCUT2D eigenvalue weighted by Gasteiger charge is -2.17. The first-order chi connectivity index (χ1) is 13.5. The van der Waals surface area contributed by atoms with Gasteiger partial charge in [-0.25, -0.2) is 9.49 Å². The number of H-pyrrole nitrogens is 1. The molecule has 1 heterocycles. The number of carbonyl (C=O) groups is 2. The van der Waals surface area contributed by atoms with Crippen LogP contribution in [0.3, 0.4) is 0 Å². The summed E-state index contributed by atoms with van der Waals surface area (Å²) in [6.45, 7) is 0. The monoisotopic (exact) mass is 387 g/mol. The molecule has 0 saturated carbocycles. The van der Waals surface area contributed by atoms with Gasteiger partial charge in [-0.3, -0.25) is 14.4 Å². The number of hydrogen-bond acceptors (Lipinski definition) is 5. The molecule has 1 aromatic heterocycles. The Balaban J connectivity index is 1.76. The van der Waals surface area contributed by atoms with Gasteiger partial charge in [0.05, 0.1) is 24.9 Å². The number of nitrogens with one attached hydrogen (secondary N) is 2. The summed E-state index contributed by atoms with van der Waals surface area (Å²) >= 11 is 0. The van der Waals surface area contributed by atoms with Crippen LogP contribution in [0.4, 0.5) is 10.1 Å². The first-order valence-corrected chi connectivity index (χ1v) is 9.22. The number of methoxy groups -OCH3 is 1. The number of amides is 1. The maximum Gasteiger partial charge on any atom is 0.306 e. The molecule has 0 unspecified atom stereocenters. The summed E-state index contributed by atoms with van der Waals surface area (Å²) in [6.07, 6.45) is 3.80. The summed E-state index contributed by atoms with van der Waals surface area (Å²) in [5.74, 6) is -1.54. The molecule has 0 aliphatic heterocycles. The third-order valence-corrected chi connectivity index (χ3v) is 4.84. The van der Waals surface area contributed by atoms with Crippen LogP contribution in [0.15, 0.2) is 23.0 Å². The van der Waals surface area contributed by atoms with E-state index in [2.05, 4.69) is 20.3 Å². The molecule has 8 heteroatoms. The number of halogens is 1. The van der Waals surface area contributed by atoms with Crippen LogP contribution < -0.4 is 10.9 Å². The Morgan fingerprint density at radius 2 is 1.96 bits per heavy atom. The van der Waals surface area contributed by atoms with Crippen molar-refractivity contribution in [2.24, 2.45) is 0 Å². The van der Waals surface area contributed by atoms with Crippen molar-refractivity contribution in [3.05, 3.63) is 56.8 Å². The number of rotatable bonds is 6. The fourth-order valence-electron chi connectivity index (χ4n) is 3.38. The van der Waals surface area contributed by atoms with Crippen LogP contribution >= 0.6 is 0 Å². The van der Waals surface area contributed by atoms with E-state index in [4.69, 9.17) is 0 Å². The molecular weight excluding hydrogens is 365 g/mol. The van der Waals surface area contributed by atoms with Crippen molar-refractivity contribution in [1.82, 2.24) is 10.2 Å². The molecule has 0 fully saturated rings. The van der Waals surface area contributed by atoms with Crippen LogP contribution in [0, 0.1) is 5.82 Å². The van der Waals surface area contributed by atoms with Crippen molar-refractivity contribution >= 4 is 17.6 Å². The van der Waals surface area contributed by atoms with Crippen molar-refractivity contribution in [2.45, 2.75) is 44.9 Å². The topological polar surface area (TPSA) is 101 Å². The molecule has 28 heavy (non-hydrogen) atoms. The normalized spacial score (nSPS) is 12.9. The smallest absolute Gasteiger partial charge is 0.306 e. The average molecular weight is 387 g/mol. The Kier molecular flexibility index (Phi) is 6.18. The number of carbonyl (C=O) groups excluding carboxylic acids is 2. The largest absolute Gasteiger partial charge is 0.469 e. The SMILES string of the molecule is COC(=O)CCC(=O)Nc1cc(Cc2n[nH]c(=O)c3c2CCCC3)ccc1F. The summed E-state index contributed by atoms with van der Waals surface area (Å²) in [4.78, 5) is 35.0. The fraction of sp³-hybridized carbons (Fsp3) is 0.400. The molecule has 148 valence electrons. The molecule has 1 amide bonds. The Labute approximate surface area is 161 Å². The van der Waals surface area contributed by atoms with Crippen LogP contribution in [0.1, 0.15) is 48.1 Å². The predicted octanol–water partition coefficient (Wildman–Crippen LogP) is 2.27. The number of ether oxygens (including phenoxy) is 1. The zero-order valence-corrected chi connectivity index (χ0v) is 15.6. The number of nitrogens with zero attached hydrogens (tertiary/aromatic N) is 1. The van der Waals surface area contributed by atoms with Gasteiger partial charge >= 0.3 is 5.97 Å². The van der Waals surface area contributed by atoms with Crippen LogP contribution in [-0.2, 0) is 33.6 Å². The molecule has 7 nitrogen and oxygen atoms in total. The summed E-state index contributed by atoms with van der Waals surface area (Å²) < 4.78 is 18.6. The van der Waals surface area contributed by atoms with Gasteiger partial charge in [-0.15, -0.1) is 0 Å². The van der Waals surface area contributed by atoms with E-state index in [1.165, 1.54) is 13.2 Å². The average Bonchev–Trinajstić information content (AvgIpc) is 2.71. The number of benzene rings is 1. The van der Waals surface area contributed by atoms with Gasteiger partial charge in [-0.2, -0.15) is 5.10 Å². The summed E-state index contributed by atoms with van der Waals surface area (Å²) in [6, 6.07) is 4.46. The van der Waals surface area contributed by atoms with E-state index in [0.29, 0.717) is 6.42 Å². The number of fused-ring (bicyclic) bond motifs is 1. The molecule has 3 rings (SSSR count). The van der Waals surface area contributed by atoms with Gasteiger partial charge < -0.3 is 10.1 Å². The van der Waals surface area contributed by atoms with E-state index in [-0.39, 0.29) is 24.1 Å². The molecule has 1 aliphatic carbocycles. The van der Waals surface area contributed by atoms with Crippen LogP contribution in [0.2, 0.25) is 0 Å². The van der Waals surface area contributed by atoms with E-state index >= 15 is 0 Å². The minimum atomic E-state index is -0.563. The maximum atomic E-state index is 14.1. The first-order valence-electron chi connectivity index (χ1n) is 9.22. The first kappa shape index (κ1) is 19.7. The molecule has 0 radical (unpaired) electrons. The third kappa shape index (κ3) is 4.62. The van der Waals surface area contributed by atoms with Gasteiger partial charge in [-0.1, -0.05) is 6.07 Å². The lowest BCUT2D eigenvalue weighted by atomic mass is 9.90. The van der Waals surface area contributed by atoms with E-state index in [0.717, 1.165) is 48.1 Å². The van der Waals surface area contributed by atoms with Crippen molar-refractivity contribution in [2.75, 3.05) is 12.4 Å². The summed E-state index contributed by atoms with van der Waals surface area (Å²) in [5.41, 5.74) is 3.19. The van der Waals surface area contributed by atoms with E-state index in [1.54, 1.807) is 12.1 Å². The standard InChI is InChI=1S/C20H22FN3O4/c1-28-19(26)9-8-18(25)22-17-11-12(6-7-15(17)21)10-16-13-4-2-3-5-14(13)20(27)24-23-16/h6-7,11H,2-5,8-10H2,1H3,(H,22,25)(H,24,27). The lowest BCUT2D eigenvalue weighted by molar-refractivity contribution is -0.141. The highest BCUT2D eigenvalue weighted by Gasteiger charge is 2.18. The number of aromatic nitrogens is 2. The molecule has 0 bridgehead atoms. The zero-order chi connectivity index (χ0) is 20.1. The summed E-state index contributed by atoms with van der Waals surface area (Å²) in [7, 11) is 1.24. The van der Waals surface area contributed by atoms with Gasteiger partial charge in [0.25, 0.3) is 5.56 Å². The molecular formula is C20H22FN3O4. The van der Waals surface area contributed by atoms with Crippen LogP contribution in [0.25, 0.3) is 0 Å². The quantitative estimate of drug-likeness (QED) is 0.741. The Morgan fingerprint density at radius 3 is 2.71 bits per heavy atom. The second-order valence-corrected chi connectivity index (χ2v) is 6.78. The molecule has 1 aromatic carbocycles. The number of esters is 1. The maximum absolute atomic E-state index is 14.1. The van der Waals surface area contributed by atoms with Gasteiger partial charge in [0.1, 0.15) is 5.82 Å². The Hall–Kier alpha value is -3.03. The zero-order valence-electron chi connectivity index (χ0n) is 15.6. The third-order valence-electron chi connectivity index (χ3n) is 4.84. The number of hydrogen-bond donors (Lipinski definition) is 2. The van der Waals surface area contributed by atoms with Crippen LogP contribution in [-0.4, -0.2) is 29.2 Å². The second-order valence-electron chi connectivity index (χ2n) is 6.78. The highest BCUT2D eigenvalue weighted by Crippen LogP contribution is 2.24. The highest BCUT2D eigenvalue weighted by molar-refractivity contribution is 5.92. The van der Waals surface area contributed by atoms with E-state index in [9.17, 15) is 18.8 Å². The molecule has 2 aromatic rings. The highest BCUT2D eigenvalue weighted by atomic mass is 19.1.